The van der Waals surface area contributed by atoms with E-state index >= 15 is 0 Å². The molecule has 10 heteroatoms. The molecule has 0 unspecified atom stereocenters. The van der Waals surface area contributed by atoms with Crippen molar-refractivity contribution in [3.63, 3.8) is 0 Å². The normalized spacial score (nSPS) is 10.5. The van der Waals surface area contributed by atoms with E-state index in [0.717, 1.165) is 11.4 Å². The lowest BCUT2D eigenvalue weighted by atomic mass is 10.1. The van der Waals surface area contributed by atoms with Gasteiger partial charge in [0.15, 0.2) is 5.16 Å². The van der Waals surface area contributed by atoms with E-state index in [2.05, 4.69) is 20.8 Å². The van der Waals surface area contributed by atoms with E-state index in [4.69, 9.17) is 4.74 Å². The lowest BCUT2D eigenvalue weighted by Crippen LogP contribution is -2.35. The summed E-state index contributed by atoms with van der Waals surface area (Å²) in [5, 5.41) is 13.9. The second kappa shape index (κ2) is 10.6. The Morgan fingerprint density at radius 1 is 1.13 bits per heavy atom. The van der Waals surface area contributed by atoms with Crippen molar-refractivity contribution in [2.45, 2.75) is 12.1 Å². The molecule has 2 N–H and O–H groups in total. The van der Waals surface area contributed by atoms with Crippen molar-refractivity contribution in [3.05, 3.63) is 65.7 Å². The number of carbonyl (C=O) groups excluding carboxylic acids is 2. The molecular formula is C21H22FN5O3S. The zero-order chi connectivity index (χ0) is 22.2. The molecule has 0 radical (unpaired) electrons. The van der Waals surface area contributed by atoms with E-state index in [9.17, 15) is 14.0 Å². The summed E-state index contributed by atoms with van der Waals surface area (Å²) in [6, 6.07) is 11.7. The first-order valence-electron chi connectivity index (χ1n) is 9.46. The molecule has 0 bridgehead atoms. The molecule has 0 fully saturated rings. The SMILES string of the molecule is COc1ccc(-n2cnnc2SCC(=O)NCCNC(=O)c2ccc(C)c(F)c2)cc1. The summed E-state index contributed by atoms with van der Waals surface area (Å²) in [6.45, 7) is 2.11. The van der Waals surface area contributed by atoms with Crippen LogP contribution in [-0.4, -0.2) is 52.5 Å². The molecule has 162 valence electrons. The predicted molar refractivity (Wildman–Crippen MR) is 115 cm³/mol. The summed E-state index contributed by atoms with van der Waals surface area (Å²) in [5.41, 5.74) is 1.57. The Bertz CT molecular complexity index is 1060. The molecule has 8 nitrogen and oxygen atoms in total. The first-order valence-corrected chi connectivity index (χ1v) is 10.4. The summed E-state index contributed by atoms with van der Waals surface area (Å²) in [5.74, 6) is -0.142. The van der Waals surface area contributed by atoms with Crippen LogP contribution in [0.5, 0.6) is 5.75 Å². The summed E-state index contributed by atoms with van der Waals surface area (Å²) in [7, 11) is 1.60. The third kappa shape index (κ3) is 6.05. The van der Waals surface area contributed by atoms with E-state index in [1.165, 1.54) is 17.8 Å². The van der Waals surface area contributed by atoms with Gasteiger partial charge in [0.25, 0.3) is 5.91 Å². The quantitative estimate of drug-likeness (QED) is 0.389. The van der Waals surface area contributed by atoms with Crippen molar-refractivity contribution in [3.8, 4) is 11.4 Å². The lowest BCUT2D eigenvalue weighted by molar-refractivity contribution is -0.118. The molecule has 0 aliphatic heterocycles. The maximum Gasteiger partial charge on any atom is 0.251 e. The Kier molecular flexibility index (Phi) is 7.60. The number of benzene rings is 2. The standard InChI is InChI=1S/C21H22FN5O3S/c1-14-3-4-15(11-18(14)22)20(29)24-10-9-23-19(28)12-31-21-26-25-13-27(21)16-5-7-17(30-2)8-6-16/h3-8,11,13H,9-10,12H2,1-2H3,(H,23,28)(H,24,29). The molecule has 0 atom stereocenters. The number of hydrogen-bond acceptors (Lipinski definition) is 6. The van der Waals surface area contributed by atoms with Crippen LogP contribution < -0.4 is 15.4 Å². The van der Waals surface area contributed by atoms with Crippen LogP contribution in [0.2, 0.25) is 0 Å². The second-order valence-corrected chi connectivity index (χ2v) is 7.48. The summed E-state index contributed by atoms with van der Waals surface area (Å²) >= 11 is 1.25. The third-order valence-electron chi connectivity index (χ3n) is 4.37. The minimum atomic E-state index is -0.430. The molecule has 3 aromatic rings. The van der Waals surface area contributed by atoms with E-state index < -0.39 is 11.7 Å². The fourth-order valence-electron chi connectivity index (χ4n) is 2.64. The second-order valence-electron chi connectivity index (χ2n) is 6.54. The molecular weight excluding hydrogens is 421 g/mol. The van der Waals surface area contributed by atoms with Gasteiger partial charge in [-0.3, -0.25) is 14.2 Å². The van der Waals surface area contributed by atoms with Gasteiger partial charge in [-0.15, -0.1) is 10.2 Å². The number of rotatable bonds is 9. The van der Waals surface area contributed by atoms with Gasteiger partial charge in [0.2, 0.25) is 5.91 Å². The topological polar surface area (TPSA) is 98.1 Å². The Morgan fingerprint density at radius 3 is 2.58 bits per heavy atom. The van der Waals surface area contributed by atoms with E-state index in [0.29, 0.717) is 10.7 Å². The van der Waals surface area contributed by atoms with Gasteiger partial charge in [-0.05, 0) is 48.9 Å². The molecule has 0 aliphatic rings. The number of methoxy groups -OCH3 is 1. The highest BCUT2D eigenvalue weighted by Crippen LogP contribution is 2.21. The fraction of sp³-hybridized carbons (Fsp3) is 0.238. The monoisotopic (exact) mass is 443 g/mol. The Labute approximate surface area is 183 Å². The Balaban J connectivity index is 1.42. The van der Waals surface area contributed by atoms with Crippen LogP contribution in [-0.2, 0) is 4.79 Å². The highest BCUT2D eigenvalue weighted by molar-refractivity contribution is 7.99. The molecule has 0 saturated heterocycles. The molecule has 3 rings (SSSR count). The van der Waals surface area contributed by atoms with Gasteiger partial charge in [-0.2, -0.15) is 0 Å². The number of ether oxygens (including phenoxy) is 1. The van der Waals surface area contributed by atoms with Crippen LogP contribution in [0, 0.1) is 12.7 Å². The molecule has 0 saturated carbocycles. The molecule has 0 aliphatic carbocycles. The van der Waals surface area contributed by atoms with Crippen molar-refractivity contribution in [2.75, 3.05) is 26.0 Å². The third-order valence-corrected chi connectivity index (χ3v) is 5.31. The minimum Gasteiger partial charge on any atom is -0.497 e. The summed E-state index contributed by atoms with van der Waals surface area (Å²) in [4.78, 5) is 24.1. The van der Waals surface area contributed by atoms with Crippen LogP contribution in [0.3, 0.4) is 0 Å². The zero-order valence-corrected chi connectivity index (χ0v) is 17.9. The molecule has 2 aromatic carbocycles. The Morgan fingerprint density at radius 2 is 1.87 bits per heavy atom. The summed E-state index contributed by atoms with van der Waals surface area (Å²) in [6.07, 6.45) is 1.57. The van der Waals surface area contributed by atoms with Gasteiger partial charge >= 0.3 is 0 Å². The number of amides is 2. The number of thioether (sulfide) groups is 1. The molecule has 31 heavy (non-hydrogen) atoms. The number of aromatic nitrogens is 3. The highest BCUT2D eigenvalue weighted by atomic mass is 32.2. The molecule has 1 aromatic heterocycles. The first-order chi connectivity index (χ1) is 15.0. The van der Waals surface area contributed by atoms with Crippen molar-refractivity contribution >= 4 is 23.6 Å². The van der Waals surface area contributed by atoms with Crippen molar-refractivity contribution in [2.24, 2.45) is 0 Å². The maximum atomic E-state index is 13.5. The zero-order valence-electron chi connectivity index (χ0n) is 17.1. The van der Waals surface area contributed by atoms with Crippen LogP contribution in [0.1, 0.15) is 15.9 Å². The van der Waals surface area contributed by atoms with E-state index in [-0.39, 0.29) is 30.3 Å². The minimum absolute atomic E-state index is 0.145. The molecule has 1 heterocycles. The average molecular weight is 444 g/mol. The number of nitrogens with zero attached hydrogens (tertiary/aromatic N) is 3. The first kappa shape index (κ1) is 22.3. The highest BCUT2D eigenvalue weighted by Gasteiger charge is 2.11. The number of halogens is 1. The van der Waals surface area contributed by atoms with Crippen molar-refractivity contribution in [1.82, 2.24) is 25.4 Å². The van der Waals surface area contributed by atoms with Crippen LogP contribution in [0.25, 0.3) is 5.69 Å². The number of carbonyl (C=O) groups is 2. The number of aryl methyl sites for hydroxylation is 1. The fourth-order valence-corrected chi connectivity index (χ4v) is 3.40. The lowest BCUT2D eigenvalue weighted by Gasteiger charge is -2.09. The predicted octanol–water partition coefficient (Wildman–Crippen LogP) is 2.36. The van der Waals surface area contributed by atoms with Crippen molar-refractivity contribution < 1.29 is 18.7 Å². The Hall–Kier alpha value is -3.40. The van der Waals surface area contributed by atoms with Crippen LogP contribution in [0.4, 0.5) is 4.39 Å². The maximum absolute atomic E-state index is 13.5. The van der Waals surface area contributed by atoms with Gasteiger partial charge in [-0.1, -0.05) is 17.8 Å². The number of hydrogen-bond donors (Lipinski definition) is 2. The smallest absolute Gasteiger partial charge is 0.251 e. The van der Waals surface area contributed by atoms with Gasteiger partial charge in [0.1, 0.15) is 17.9 Å². The van der Waals surface area contributed by atoms with Gasteiger partial charge in [0.05, 0.1) is 12.9 Å². The van der Waals surface area contributed by atoms with Gasteiger partial charge in [-0.25, -0.2) is 4.39 Å². The van der Waals surface area contributed by atoms with Crippen LogP contribution in [0.15, 0.2) is 53.9 Å². The van der Waals surface area contributed by atoms with E-state index in [1.807, 2.05) is 24.3 Å². The molecule has 2 amide bonds. The number of nitrogens with one attached hydrogen (secondary N) is 2. The van der Waals surface area contributed by atoms with Gasteiger partial charge < -0.3 is 15.4 Å². The van der Waals surface area contributed by atoms with E-state index in [1.54, 1.807) is 37.1 Å². The van der Waals surface area contributed by atoms with Crippen molar-refractivity contribution in [1.29, 1.82) is 0 Å². The largest absolute Gasteiger partial charge is 0.497 e. The van der Waals surface area contributed by atoms with Gasteiger partial charge in [0, 0.05) is 24.3 Å². The summed E-state index contributed by atoms with van der Waals surface area (Å²) < 4.78 is 20.5. The van der Waals surface area contributed by atoms with Crippen LogP contribution >= 0.6 is 11.8 Å². The average Bonchev–Trinajstić information content (AvgIpc) is 3.25. The molecule has 0 spiro atoms.